The average Bonchev–Trinajstić information content (AvgIpc) is 2.92. The lowest BCUT2D eigenvalue weighted by molar-refractivity contribution is -0.123. The predicted octanol–water partition coefficient (Wildman–Crippen LogP) is 4.14. The number of benzene rings is 2. The summed E-state index contributed by atoms with van der Waals surface area (Å²) in [5, 5.41) is 0. The van der Waals surface area contributed by atoms with E-state index in [4.69, 9.17) is 4.74 Å². The molecule has 6 nitrogen and oxygen atoms in total. The zero-order chi connectivity index (χ0) is 21.9. The molecule has 1 aliphatic heterocycles. The Bertz CT molecular complexity index is 1030. The van der Waals surface area contributed by atoms with Crippen molar-refractivity contribution >= 4 is 36.0 Å². The minimum absolute atomic E-state index is 0.219. The van der Waals surface area contributed by atoms with Gasteiger partial charge < -0.3 is 4.74 Å². The molecule has 0 atom stereocenters. The maximum Gasteiger partial charge on any atom is 0.329 e. The van der Waals surface area contributed by atoms with Gasteiger partial charge in [0.2, 0.25) is 0 Å². The van der Waals surface area contributed by atoms with Crippen LogP contribution in [0.3, 0.4) is 0 Å². The Balaban J connectivity index is 1.90. The van der Waals surface area contributed by atoms with E-state index in [1.807, 2.05) is 30.3 Å². The van der Waals surface area contributed by atoms with E-state index in [1.54, 1.807) is 24.3 Å². The van der Waals surface area contributed by atoms with Crippen molar-refractivity contribution in [3.8, 4) is 5.75 Å². The summed E-state index contributed by atoms with van der Waals surface area (Å²) in [5.41, 5.74) is 2.13. The molecule has 30 heavy (non-hydrogen) atoms. The summed E-state index contributed by atoms with van der Waals surface area (Å²) in [5.74, 6) is -0.00488. The summed E-state index contributed by atoms with van der Waals surface area (Å²) in [6, 6.07) is 15.5. The van der Waals surface area contributed by atoms with Crippen LogP contribution in [-0.2, 0) is 21.6 Å². The Morgan fingerprint density at radius 2 is 1.83 bits per heavy atom. The maximum absolute atomic E-state index is 13.2. The van der Waals surface area contributed by atoms with Gasteiger partial charge in [0, 0.05) is 14.6 Å². The molecule has 160 valence electrons. The van der Waals surface area contributed by atoms with E-state index in [1.165, 1.54) is 0 Å². The Labute approximate surface area is 180 Å². The van der Waals surface area contributed by atoms with Gasteiger partial charge in [-0.1, -0.05) is 68.7 Å². The number of carbonyl (C=O) groups is 1. The lowest BCUT2D eigenvalue weighted by Crippen LogP contribution is -2.37. The molecule has 0 aliphatic carbocycles. The van der Waals surface area contributed by atoms with Crippen LogP contribution in [0.15, 0.2) is 55.1 Å². The third-order valence-corrected chi connectivity index (χ3v) is 8.45. The van der Waals surface area contributed by atoms with Crippen molar-refractivity contribution < 1.29 is 17.9 Å². The van der Waals surface area contributed by atoms with E-state index in [-0.39, 0.29) is 19.7 Å². The summed E-state index contributed by atoms with van der Waals surface area (Å²) < 4.78 is 34.5. The van der Waals surface area contributed by atoms with Crippen LogP contribution in [0.4, 0.5) is 5.69 Å². The standard InChI is InChI=1S/C22H28N2O4SSi/c1-5-18-11-12-20(21(15-18)28-17-19-9-7-6-8-10-19)24-16-22(25)23(29(24,26)27)13-14-30(2,3)4/h5-12,15H,1,13-14,16-17H2,2-4H3. The van der Waals surface area contributed by atoms with Gasteiger partial charge in [0.05, 0.1) is 5.69 Å². The average molecular weight is 445 g/mol. The van der Waals surface area contributed by atoms with Gasteiger partial charge in [-0.15, -0.1) is 0 Å². The minimum atomic E-state index is -3.94. The van der Waals surface area contributed by atoms with Crippen LogP contribution in [0.5, 0.6) is 5.75 Å². The molecule has 2 aromatic rings. The number of ether oxygens (including phenoxy) is 1. The normalized spacial score (nSPS) is 16.0. The summed E-state index contributed by atoms with van der Waals surface area (Å²) in [6.45, 7) is 10.5. The molecule has 2 aromatic carbocycles. The lowest BCUT2D eigenvalue weighted by atomic mass is 10.2. The Morgan fingerprint density at radius 3 is 2.47 bits per heavy atom. The molecular weight excluding hydrogens is 416 g/mol. The van der Waals surface area contributed by atoms with E-state index in [0.717, 1.165) is 25.8 Å². The number of rotatable bonds is 8. The maximum atomic E-state index is 13.2. The van der Waals surface area contributed by atoms with Crippen LogP contribution in [-0.4, -0.2) is 39.8 Å². The fourth-order valence-corrected chi connectivity index (χ4v) is 5.74. The molecule has 0 spiro atoms. The smallest absolute Gasteiger partial charge is 0.329 e. The number of hydrogen-bond acceptors (Lipinski definition) is 4. The van der Waals surface area contributed by atoms with Gasteiger partial charge in [0.15, 0.2) is 0 Å². The molecule has 0 aromatic heterocycles. The predicted molar refractivity (Wildman–Crippen MR) is 123 cm³/mol. The quantitative estimate of drug-likeness (QED) is 0.574. The molecule has 1 heterocycles. The summed E-state index contributed by atoms with van der Waals surface area (Å²) in [4.78, 5) is 12.6. The summed E-state index contributed by atoms with van der Waals surface area (Å²) >= 11 is 0. The van der Waals surface area contributed by atoms with Crippen LogP contribution >= 0.6 is 0 Å². The number of anilines is 1. The highest BCUT2D eigenvalue weighted by molar-refractivity contribution is 7.91. The van der Waals surface area contributed by atoms with Gasteiger partial charge >= 0.3 is 10.2 Å². The van der Waals surface area contributed by atoms with Crippen LogP contribution in [0.1, 0.15) is 11.1 Å². The van der Waals surface area contributed by atoms with Crippen molar-refractivity contribution in [2.75, 3.05) is 17.4 Å². The SMILES string of the molecule is C=Cc1ccc(N2CC(=O)N(CC[Si](C)(C)C)S2(=O)=O)c(OCc2ccccc2)c1. The molecule has 1 amide bonds. The van der Waals surface area contributed by atoms with E-state index in [0.29, 0.717) is 11.4 Å². The number of carbonyl (C=O) groups excluding carboxylic acids is 1. The Kier molecular flexibility index (Phi) is 6.38. The molecule has 3 rings (SSSR count). The molecule has 0 unspecified atom stereocenters. The van der Waals surface area contributed by atoms with Crippen molar-refractivity contribution in [3.05, 3.63) is 66.2 Å². The third-order valence-electron chi connectivity index (χ3n) is 4.90. The van der Waals surface area contributed by atoms with Gasteiger partial charge in [-0.05, 0) is 29.3 Å². The van der Waals surface area contributed by atoms with Gasteiger partial charge in [0.1, 0.15) is 18.9 Å². The fourth-order valence-electron chi connectivity index (χ4n) is 3.13. The lowest BCUT2D eigenvalue weighted by Gasteiger charge is -2.24. The highest BCUT2D eigenvalue weighted by Crippen LogP contribution is 2.36. The first-order valence-electron chi connectivity index (χ1n) is 9.88. The van der Waals surface area contributed by atoms with Crippen LogP contribution in [0.25, 0.3) is 6.08 Å². The second kappa shape index (κ2) is 8.65. The van der Waals surface area contributed by atoms with Gasteiger partial charge in [-0.2, -0.15) is 8.42 Å². The monoisotopic (exact) mass is 444 g/mol. The molecule has 0 N–H and O–H groups in total. The molecule has 1 aliphatic rings. The highest BCUT2D eigenvalue weighted by Gasteiger charge is 2.43. The zero-order valence-corrected chi connectivity index (χ0v) is 19.5. The minimum Gasteiger partial charge on any atom is -0.487 e. The Hall–Kier alpha value is -2.58. The largest absolute Gasteiger partial charge is 0.487 e. The van der Waals surface area contributed by atoms with Crippen molar-refractivity contribution in [2.24, 2.45) is 0 Å². The fraction of sp³-hybridized carbons (Fsp3) is 0.318. The molecular formula is C22H28N2O4SSi. The number of hydrogen-bond donors (Lipinski definition) is 0. The van der Waals surface area contributed by atoms with Gasteiger partial charge in [0.25, 0.3) is 5.91 Å². The van der Waals surface area contributed by atoms with Crippen LogP contribution < -0.4 is 9.04 Å². The van der Waals surface area contributed by atoms with Crippen molar-refractivity contribution in [1.82, 2.24) is 4.31 Å². The highest BCUT2D eigenvalue weighted by atomic mass is 32.2. The van der Waals surface area contributed by atoms with Crippen molar-refractivity contribution in [1.29, 1.82) is 0 Å². The first kappa shape index (κ1) is 22.1. The van der Waals surface area contributed by atoms with E-state index in [9.17, 15) is 13.2 Å². The Morgan fingerprint density at radius 1 is 1.13 bits per heavy atom. The van der Waals surface area contributed by atoms with Crippen LogP contribution in [0.2, 0.25) is 25.7 Å². The van der Waals surface area contributed by atoms with Gasteiger partial charge in [-0.25, -0.2) is 8.61 Å². The first-order chi connectivity index (χ1) is 14.1. The van der Waals surface area contributed by atoms with Crippen molar-refractivity contribution in [3.63, 3.8) is 0 Å². The molecule has 1 fully saturated rings. The van der Waals surface area contributed by atoms with E-state index in [2.05, 4.69) is 26.2 Å². The summed E-state index contributed by atoms with van der Waals surface area (Å²) in [7, 11) is -5.45. The third kappa shape index (κ3) is 4.93. The second-order valence-corrected chi connectivity index (χ2v) is 15.9. The topological polar surface area (TPSA) is 66.9 Å². The second-order valence-electron chi connectivity index (χ2n) is 8.50. The molecule has 0 radical (unpaired) electrons. The van der Waals surface area contributed by atoms with Crippen molar-refractivity contribution in [2.45, 2.75) is 32.3 Å². The van der Waals surface area contributed by atoms with E-state index >= 15 is 0 Å². The van der Waals surface area contributed by atoms with E-state index < -0.39 is 24.2 Å². The first-order valence-corrected chi connectivity index (χ1v) is 15.0. The molecule has 8 heteroatoms. The molecule has 1 saturated heterocycles. The molecule has 0 saturated carbocycles. The molecule has 0 bridgehead atoms. The van der Waals surface area contributed by atoms with Gasteiger partial charge in [-0.3, -0.25) is 4.79 Å². The zero-order valence-electron chi connectivity index (χ0n) is 17.7. The number of nitrogens with zero attached hydrogens (tertiary/aromatic N) is 2. The van der Waals surface area contributed by atoms with Crippen LogP contribution in [0, 0.1) is 0 Å². The number of amides is 1. The summed E-state index contributed by atoms with van der Waals surface area (Å²) in [6.07, 6.45) is 1.67.